The average molecular weight is 200 g/mol. The van der Waals surface area contributed by atoms with Crippen molar-refractivity contribution in [1.82, 2.24) is 4.90 Å². The first kappa shape index (κ1) is 10.2. The van der Waals surface area contributed by atoms with Crippen molar-refractivity contribution >= 4 is 13.5 Å². The minimum atomic E-state index is -2.40. The molecule has 1 aliphatic rings. The van der Waals surface area contributed by atoms with E-state index in [1.807, 2.05) is 4.90 Å². The van der Waals surface area contributed by atoms with E-state index in [0.29, 0.717) is 19.5 Å². The summed E-state index contributed by atoms with van der Waals surface area (Å²) in [5, 5.41) is 0. The van der Waals surface area contributed by atoms with Crippen LogP contribution in [0.2, 0.25) is 0 Å². The molecule has 0 aromatic heterocycles. The molecule has 0 amide bonds. The Balaban J connectivity index is 2.70. The second kappa shape index (κ2) is 4.38. The molecule has 5 heteroatoms. The van der Waals surface area contributed by atoms with Gasteiger partial charge in [0.05, 0.1) is 6.54 Å². The molecular formula is C8H13N2O2P. The number of aliphatic imine (C=N–C) groups is 1. The van der Waals surface area contributed by atoms with Gasteiger partial charge in [-0.25, -0.2) is 9.13 Å². The van der Waals surface area contributed by atoms with Crippen molar-refractivity contribution in [2.24, 2.45) is 4.99 Å². The number of rotatable bonds is 4. The predicted octanol–water partition coefficient (Wildman–Crippen LogP) is 1.80. The Morgan fingerprint density at radius 1 is 1.77 bits per heavy atom. The molecule has 1 atom stereocenters. The van der Waals surface area contributed by atoms with E-state index < -0.39 is 13.5 Å². The van der Waals surface area contributed by atoms with Crippen molar-refractivity contribution in [3.8, 4) is 0 Å². The SMILES string of the molecule is C=CCC1=NCCN1C(C)P(=O)=O. The molecule has 0 fully saturated rings. The highest BCUT2D eigenvalue weighted by molar-refractivity contribution is 7.31. The van der Waals surface area contributed by atoms with Gasteiger partial charge in [-0.3, -0.25) is 4.99 Å². The normalized spacial score (nSPS) is 18.2. The van der Waals surface area contributed by atoms with Crippen LogP contribution >= 0.6 is 7.68 Å². The molecule has 1 heterocycles. The summed E-state index contributed by atoms with van der Waals surface area (Å²) in [6, 6.07) is 0. The van der Waals surface area contributed by atoms with E-state index in [2.05, 4.69) is 11.6 Å². The quantitative estimate of drug-likeness (QED) is 0.513. The molecular weight excluding hydrogens is 187 g/mol. The number of amidine groups is 1. The fraction of sp³-hybridized carbons (Fsp3) is 0.625. The second-order valence-corrected chi connectivity index (χ2v) is 4.22. The van der Waals surface area contributed by atoms with Crippen LogP contribution in [0.15, 0.2) is 17.6 Å². The van der Waals surface area contributed by atoms with Gasteiger partial charge in [-0.05, 0) is 6.92 Å². The van der Waals surface area contributed by atoms with Gasteiger partial charge < -0.3 is 4.90 Å². The molecule has 0 saturated heterocycles. The maximum Gasteiger partial charge on any atom is 0.338 e. The van der Waals surface area contributed by atoms with Crippen LogP contribution in [0.1, 0.15) is 13.3 Å². The van der Waals surface area contributed by atoms with Crippen molar-refractivity contribution in [1.29, 1.82) is 0 Å². The molecule has 0 radical (unpaired) electrons. The molecule has 0 bridgehead atoms. The summed E-state index contributed by atoms with van der Waals surface area (Å²) in [5.74, 6) is 0.387. The topological polar surface area (TPSA) is 49.7 Å². The van der Waals surface area contributed by atoms with Gasteiger partial charge in [-0.15, -0.1) is 6.58 Å². The fourth-order valence-corrected chi connectivity index (χ4v) is 1.81. The minimum absolute atomic E-state index is 0.448. The third-order valence-electron chi connectivity index (χ3n) is 2.05. The predicted molar refractivity (Wildman–Crippen MR) is 51.6 cm³/mol. The van der Waals surface area contributed by atoms with Crippen molar-refractivity contribution in [3.05, 3.63) is 12.7 Å². The first-order chi connectivity index (χ1) is 6.16. The molecule has 0 aliphatic carbocycles. The third kappa shape index (κ3) is 2.28. The van der Waals surface area contributed by atoms with E-state index in [-0.39, 0.29) is 0 Å². The fourth-order valence-electron chi connectivity index (χ4n) is 1.33. The van der Waals surface area contributed by atoms with Crippen LogP contribution in [0, 0.1) is 0 Å². The average Bonchev–Trinajstić information content (AvgIpc) is 2.52. The van der Waals surface area contributed by atoms with Crippen molar-refractivity contribution < 1.29 is 9.13 Å². The highest BCUT2D eigenvalue weighted by Crippen LogP contribution is 2.21. The number of hydrogen-bond donors (Lipinski definition) is 0. The molecule has 72 valence electrons. The van der Waals surface area contributed by atoms with Crippen LogP contribution in [-0.2, 0) is 9.13 Å². The van der Waals surface area contributed by atoms with E-state index in [9.17, 15) is 9.13 Å². The number of nitrogens with zero attached hydrogens (tertiary/aromatic N) is 2. The molecule has 0 spiro atoms. The summed E-state index contributed by atoms with van der Waals surface area (Å²) < 4.78 is 21.5. The third-order valence-corrected chi connectivity index (χ3v) is 2.94. The van der Waals surface area contributed by atoms with Crippen LogP contribution in [0.3, 0.4) is 0 Å². The maximum absolute atomic E-state index is 10.8. The Hall–Kier alpha value is -0.890. The summed E-state index contributed by atoms with van der Waals surface area (Å²) in [7, 11) is -2.40. The van der Waals surface area contributed by atoms with Crippen LogP contribution in [0.5, 0.6) is 0 Å². The lowest BCUT2D eigenvalue weighted by Crippen LogP contribution is -2.32. The summed E-state index contributed by atoms with van der Waals surface area (Å²) in [6.45, 7) is 6.67. The van der Waals surface area contributed by atoms with Crippen LogP contribution in [0.25, 0.3) is 0 Å². The molecule has 13 heavy (non-hydrogen) atoms. The van der Waals surface area contributed by atoms with E-state index in [1.165, 1.54) is 0 Å². The molecule has 4 nitrogen and oxygen atoms in total. The smallest absolute Gasteiger partial charge is 0.338 e. The van der Waals surface area contributed by atoms with Crippen molar-refractivity contribution in [3.63, 3.8) is 0 Å². The molecule has 0 saturated carbocycles. The van der Waals surface area contributed by atoms with E-state index in [0.717, 1.165) is 5.84 Å². The Kier molecular flexibility index (Phi) is 3.43. The molecule has 1 unspecified atom stereocenters. The van der Waals surface area contributed by atoms with Gasteiger partial charge in [-0.1, -0.05) is 6.08 Å². The first-order valence-electron chi connectivity index (χ1n) is 4.21. The largest absolute Gasteiger partial charge is 0.342 e. The Morgan fingerprint density at radius 2 is 2.46 bits per heavy atom. The van der Waals surface area contributed by atoms with Gasteiger partial charge in [0, 0.05) is 13.0 Å². The molecule has 0 aromatic rings. The van der Waals surface area contributed by atoms with Gasteiger partial charge in [-0.2, -0.15) is 0 Å². The maximum atomic E-state index is 10.8. The summed E-state index contributed by atoms with van der Waals surface area (Å²) >= 11 is 0. The van der Waals surface area contributed by atoms with Crippen LogP contribution < -0.4 is 0 Å². The zero-order valence-corrected chi connectivity index (χ0v) is 8.54. The number of hydrogen-bond acceptors (Lipinski definition) is 4. The molecule has 1 rings (SSSR count). The standard InChI is InChI=1S/C8H13N2O2P/c1-3-4-8-9-5-6-10(8)7(2)13(11)12/h3,7H,1,4-6H2,2H3. The van der Waals surface area contributed by atoms with E-state index in [1.54, 1.807) is 13.0 Å². The Morgan fingerprint density at radius 3 is 3.00 bits per heavy atom. The Bertz CT molecular complexity index is 289. The van der Waals surface area contributed by atoms with Gasteiger partial charge in [0.2, 0.25) is 0 Å². The van der Waals surface area contributed by atoms with Gasteiger partial charge in [0.25, 0.3) is 0 Å². The molecule has 0 aromatic carbocycles. The van der Waals surface area contributed by atoms with E-state index >= 15 is 0 Å². The van der Waals surface area contributed by atoms with Crippen molar-refractivity contribution in [2.75, 3.05) is 13.1 Å². The van der Waals surface area contributed by atoms with E-state index in [4.69, 9.17) is 0 Å². The van der Waals surface area contributed by atoms with Gasteiger partial charge in [0.15, 0.2) is 0 Å². The van der Waals surface area contributed by atoms with Crippen LogP contribution in [-0.4, -0.2) is 29.6 Å². The summed E-state index contributed by atoms with van der Waals surface area (Å²) in [6.07, 6.45) is 2.38. The summed E-state index contributed by atoms with van der Waals surface area (Å²) in [5.41, 5.74) is 0. The zero-order valence-electron chi connectivity index (χ0n) is 7.64. The minimum Gasteiger partial charge on any atom is -0.342 e. The second-order valence-electron chi connectivity index (χ2n) is 2.90. The highest BCUT2D eigenvalue weighted by atomic mass is 31.1. The monoisotopic (exact) mass is 200 g/mol. The first-order valence-corrected chi connectivity index (χ1v) is 5.46. The lowest BCUT2D eigenvalue weighted by atomic mass is 10.3. The lowest BCUT2D eigenvalue weighted by Gasteiger charge is -2.21. The highest BCUT2D eigenvalue weighted by Gasteiger charge is 2.24. The molecule has 1 aliphatic heterocycles. The van der Waals surface area contributed by atoms with Crippen molar-refractivity contribution in [2.45, 2.75) is 19.1 Å². The van der Waals surface area contributed by atoms with Gasteiger partial charge >= 0.3 is 7.68 Å². The van der Waals surface area contributed by atoms with Crippen LogP contribution in [0.4, 0.5) is 0 Å². The summed E-state index contributed by atoms with van der Waals surface area (Å²) in [4.78, 5) is 6.03. The molecule has 0 N–H and O–H groups in total. The van der Waals surface area contributed by atoms with Gasteiger partial charge in [0.1, 0.15) is 11.6 Å². The zero-order chi connectivity index (χ0) is 9.84. The lowest BCUT2D eigenvalue weighted by molar-refractivity contribution is 0.407. The Labute approximate surface area is 78.2 Å².